The van der Waals surface area contributed by atoms with E-state index in [0.29, 0.717) is 24.2 Å². The van der Waals surface area contributed by atoms with Gasteiger partial charge in [0, 0.05) is 26.1 Å². The molecular formula is C32H58N2O4. The van der Waals surface area contributed by atoms with Crippen molar-refractivity contribution < 1.29 is 19.4 Å². The van der Waals surface area contributed by atoms with Gasteiger partial charge in [0.25, 0.3) is 0 Å². The summed E-state index contributed by atoms with van der Waals surface area (Å²) < 4.78 is 5.64. The molecule has 1 heterocycles. The molecule has 0 bridgehead atoms. The van der Waals surface area contributed by atoms with Crippen molar-refractivity contribution in [2.45, 2.75) is 119 Å². The summed E-state index contributed by atoms with van der Waals surface area (Å²) >= 11 is 0. The van der Waals surface area contributed by atoms with Crippen molar-refractivity contribution in [1.82, 2.24) is 10.2 Å². The first-order valence-electron chi connectivity index (χ1n) is 14.9. The van der Waals surface area contributed by atoms with Crippen LogP contribution in [0.1, 0.15) is 101 Å². The number of carbonyl (C=O) groups excluding carboxylic acids is 2. The molecule has 0 aromatic carbocycles. The first-order valence-corrected chi connectivity index (χ1v) is 14.9. The van der Waals surface area contributed by atoms with Gasteiger partial charge in [0.15, 0.2) is 0 Å². The van der Waals surface area contributed by atoms with Crippen molar-refractivity contribution in [2.24, 2.45) is 29.6 Å². The number of amides is 2. The highest BCUT2D eigenvalue weighted by molar-refractivity contribution is 5.79. The van der Waals surface area contributed by atoms with E-state index >= 15 is 0 Å². The Kier molecular flexibility index (Phi) is 14.9. The third kappa shape index (κ3) is 10.5. The maximum absolute atomic E-state index is 13.3. The van der Waals surface area contributed by atoms with Crippen LogP contribution >= 0.6 is 0 Å². The summed E-state index contributed by atoms with van der Waals surface area (Å²) in [6.45, 7) is 19.8. The second-order valence-electron chi connectivity index (χ2n) is 12.3. The summed E-state index contributed by atoms with van der Waals surface area (Å²) in [4.78, 5) is 28.5. The number of ether oxygens (including phenoxy) is 1. The van der Waals surface area contributed by atoms with E-state index in [4.69, 9.17) is 4.74 Å². The molecule has 0 aromatic heterocycles. The lowest BCUT2D eigenvalue weighted by molar-refractivity contribution is -0.136. The molecule has 0 spiro atoms. The smallest absolute Gasteiger partial charge is 0.225 e. The minimum atomic E-state index is -1.14. The average Bonchev–Trinajstić information content (AvgIpc) is 2.88. The Morgan fingerprint density at radius 3 is 2.42 bits per heavy atom. The molecule has 2 N–H and O–H groups in total. The number of aliphatic hydroxyl groups is 1. The first kappa shape index (κ1) is 34.4. The minimum absolute atomic E-state index is 0.0213. The van der Waals surface area contributed by atoms with Gasteiger partial charge in [0.1, 0.15) is 5.60 Å². The van der Waals surface area contributed by atoms with Gasteiger partial charge < -0.3 is 20.1 Å². The van der Waals surface area contributed by atoms with Crippen LogP contribution in [0.3, 0.4) is 0 Å². The number of methoxy groups -OCH3 is 1. The van der Waals surface area contributed by atoms with Crippen LogP contribution < -0.4 is 5.32 Å². The molecule has 2 unspecified atom stereocenters. The molecule has 6 heteroatoms. The molecule has 1 aliphatic rings. The van der Waals surface area contributed by atoms with Crippen LogP contribution in [0.25, 0.3) is 0 Å². The number of nitrogens with one attached hydrogen (secondary N) is 1. The van der Waals surface area contributed by atoms with Crippen molar-refractivity contribution in [3.63, 3.8) is 0 Å². The van der Waals surface area contributed by atoms with E-state index in [9.17, 15) is 14.7 Å². The number of nitrogens with zero attached hydrogens (tertiary/aromatic N) is 1. The Morgan fingerprint density at radius 2 is 1.87 bits per heavy atom. The molecule has 1 saturated heterocycles. The Bertz CT molecular complexity index is 788. The molecular weight excluding hydrogens is 476 g/mol. The number of likely N-dealkylation sites (tertiary alicyclic amines) is 1. The molecule has 0 aromatic rings. The third-order valence-corrected chi connectivity index (χ3v) is 9.03. The van der Waals surface area contributed by atoms with Gasteiger partial charge in [-0.3, -0.25) is 9.59 Å². The maximum Gasteiger partial charge on any atom is 0.225 e. The minimum Gasteiger partial charge on any atom is -0.384 e. The molecule has 38 heavy (non-hydrogen) atoms. The Labute approximate surface area is 233 Å². The summed E-state index contributed by atoms with van der Waals surface area (Å²) in [7, 11) is 1.71. The van der Waals surface area contributed by atoms with Gasteiger partial charge in [-0.05, 0) is 82.6 Å². The molecule has 7 atom stereocenters. The van der Waals surface area contributed by atoms with Crippen LogP contribution in [0.2, 0.25) is 0 Å². The fraction of sp³-hybridized carbons (Fsp3) is 0.812. The predicted octanol–water partition coefficient (Wildman–Crippen LogP) is 6.14. The van der Waals surface area contributed by atoms with Gasteiger partial charge in [0.05, 0.1) is 18.6 Å². The van der Waals surface area contributed by atoms with Crippen LogP contribution in [-0.4, -0.2) is 59.8 Å². The zero-order valence-electron chi connectivity index (χ0n) is 26.0. The lowest BCUT2D eigenvalue weighted by Crippen LogP contribution is -2.52. The zero-order chi connectivity index (χ0) is 29.0. The number of carbonyl (C=O) groups is 2. The third-order valence-electron chi connectivity index (χ3n) is 9.03. The fourth-order valence-corrected chi connectivity index (χ4v) is 5.56. The van der Waals surface area contributed by atoms with Crippen LogP contribution in [0, 0.1) is 29.6 Å². The van der Waals surface area contributed by atoms with Gasteiger partial charge in [-0.25, -0.2) is 0 Å². The Hall–Kier alpha value is -1.66. The van der Waals surface area contributed by atoms with Crippen molar-refractivity contribution in [3.8, 4) is 0 Å². The van der Waals surface area contributed by atoms with Gasteiger partial charge in [-0.15, -0.1) is 0 Å². The van der Waals surface area contributed by atoms with E-state index in [-0.39, 0.29) is 29.8 Å². The molecule has 6 nitrogen and oxygen atoms in total. The molecule has 2 amide bonds. The van der Waals surface area contributed by atoms with E-state index in [1.54, 1.807) is 14.0 Å². The summed E-state index contributed by atoms with van der Waals surface area (Å²) in [6, 6.07) is -0.418. The standard InChI is InChI=1S/C32H58N2O4/c1-11-13-15-24(6)32(9,37)26(8)33-31(36)25(7)29(22(3)4)19-27-16-14-17-34(21-27)30(35)20-28(38-10)18-23(5)12-2/h11,13,15,22-23,25-29,37H,12,14,16-21H2,1-10H3,(H,33,36)/b13-11-,24-15+/t23-,25+,26+,27+,28-,29?,32?/m0/s1. The SMILES string of the molecule is C/C=C\C=C(/C)C(C)(O)[C@@H](C)NC(=O)[C@H](C)C(C[C@H]1CCCN(C(=O)C[C@H](C[C@@H](C)CC)OC)C1)C(C)C. The molecule has 0 aliphatic carbocycles. The molecule has 1 rings (SSSR count). The molecule has 0 saturated carbocycles. The van der Waals surface area contributed by atoms with E-state index in [2.05, 4.69) is 33.0 Å². The number of allylic oxidation sites excluding steroid dienone is 3. The van der Waals surface area contributed by atoms with Crippen LogP contribution in [-0.2, 0) is 14.3 Å². The maximum atomic E-state index is 13.3. The van der Waals surface area contributed by atoms with Gasteiger partial charge in [-0.2, -0.15) is 0 Å². The predicted molar refractivity (Wildman–Crippen MR) is 158 cm³/mol. The Balaban J connectivity index is 2.82. The highest BCUT2D eigenvalue weighted by Crippen LogP contribution is 2.33. The highest BCUT2D eigenvalue weighted by Gasteiger charge is 2.36. The van der Waals surface area contributed by atoms with Crippen molar-refractivity contribution in [2.75, 3.05) is 20.2 Å². The second kappa shape index (κ2) is 16.4. The fourth-order valence-electron chi connectivity index (χ4n) is 5.56. The number of hydrogen-bond acceptors (Lipinski definition) is 4. The highest BCUT2D eigenvalue weighted by atomic mass is 16.5. The summed E-state index contributed by atoms with van der Waals surface area (Å²) in [5.74, 6) is 1.44. The van der Waals surface area contributed by atoms with Crippen molar-refractivity contribution in [3.05, 3.63) is 23.8 Å². The molecule has 1 aliphatic heterocycles. The zero-order valence-corrected chi connectivity index (χ0v) is 26.0. The number of hydrogen-bond donors (Lipinski definition) is 2. The van der Waals surface area contributed by atoms with Crippen LogP contribution in [0.15, 0.2) is 23.8 Å². The van der Waals surface area contributed by atoms with Crippen LogP contribution in [0.4, 0.5) is 0 Å². The average molecular weight is 535 g/mol. The van der Waals surface area contributed by atoms with Crippen molar-refractivity contribution in [1.29, 1.82) is 0 Å². The topological polar surface area (TPSA) is 78.9 Å². The summed E-state index contributed by atoms with van der Waals surface area (Å²) in [5.41, 5.74) is -0.329. The normalized spacial score (nSPS) is 22.6. The number of piperidine rings is 1. The quantitative estimate of drug-likeness (QED) is 0.247. The first-order chi connectivity index (χ1) is 17.8. The van der Waals surface area contributed by atoms with Crippen molar-refractivity contribution >= 4 is 11.8 Å². The van der Waals surface area contributed by atoms with Gasteiger partial charge in [0.2, 0.25) is 11.8 Å². The van der Waals surface area contributed by atoms with Gasteiger partial charge >= 0.3 is 0 Å². The lowest BCUT2D eigenvalue weighted by Gasteiger charge is -2.38. The summed E-state index contributed by atoms with van der Waals surface area (Å²) in [5, 5.41) is 14.2. The number of rotatable bonds is 15. The van der Waals surface area contributed by atoms with E-state index < -0.39 is 11.6 Å². The lowest BCUT2D eigenvalue weighted by atomic mass is 9.75. The largest absolute Gasteiger partial charge is 0.384 e. The molecule has 0 radical (unpaired) electrons. The monoisotopic (exact) mass is 534 g/mol. The molecule has 1 fully saturated rings. The second-order valence-corrected chi connectivity index (χ2v) is 12.3. The van der Waals surface area contributed by atoms with Gasteiger partial charge in [-0.1, -0.05) is 59.3 Å². The van der Waals surface area contributed by atoms with Crippen LogP contribution in [0.5, 0.6) is 0 Å². The Morgan fingerprint density at radius 1 is 1.21 bits per heavy atom. The van der Waals surface area contributed by atoms with E-state index in [1.807, 2.05) is 50.8 Å². The summed E-state index contributed by atoms with van der Waals surface area (Å²) in [6.07, 6.45) is 11.1. The molecule has 220 valence electrons. The van der Waals surface area contributed by atoms with E-state index in [0.717, 1.165) is 50.8 Å². The van der Waals surface area contributed by atoms with E-state index in [1.165, 1.54) is 0 Å².